The highest BCUT2D eigenvalue weighted by Gasteiger charge is 2.24. The number of carbonyl (C=O) groups excluding carboxylic acids is 1. The number of nitrogens with zero attached hydrogens (tertiary/aromatic N) is 4. The smallest absolute Gasteiger partial charge is 0.252 e. The first-order valence-electron chi connectivity index (χ1n) is 12.2. The molecule has 0 bridgehead atoms. The second-order valence-electron chi connectivity index (χ2n) is 8.96. The summed E-state index contributed by atoms with van der Waals surface area (Å²) in [7, 11) is 3.26. The molecule has 5 aromatic rings. The van der Waals surface area contributed by atoms with Crippen LogP contribution in [-0.4, -0.2) is 51.2 Å². The monoisotopic (exact) mass is 498 g/mol. The minimum absolute atomic E-state index is 0.0378. The van der Waals surface area contributed by atoms with Crippen LogP contribution in [0.5, 0.6) is 11.5 Å². The molecule has 37 heavy (non-hydrogen) atoms. The van der Waals surface area contributed by atoms with Gasteiger partial charge < -0.3 is 19.8 Å². The van der Waals surface area contributed by atoms with Crippen LogP contribution < -0.4 is 14.8 Å². The number of hydrogen-bond acceptors (Lipinski definition) is 6. The Balaban J connectivity index is 1.40. The number of nitrogens with one attached hydrogen (secondary N) is 2. The maximum Gasteiger partial charge on any atom is 0.252 e. The summed E-state index contributed by atoms with van der Waals surface area (Å²) >= 11 is 0. The molecule has 5 rings (SSSR count). The lowest BCUT2D eigenvalue weighted by Gasteiger charge is -2.22. The van der Waals surface area contributed by atoms with Gasteiger partial charge >= 0.3 is 0 Å². The average molecular weight is 499 g/mol. The predicted molar refractivity (Wildman–Crippen MR) is 141 cm³/mol. The van der Waals surface area contributed by atoms with Crippen molar-refractivity contribution in [3.63, 3.8) is 0 Å². The lowest BCUT2D eigenvalue weighted by molar-refractivity contribution is -0.121. The van der Waals surface area contributed by atoms with Gasteiger partial charge in [-0.25, -0.2) is 9.50 Å². The molecule has 0 saturated heterocycles. The van der Waals surface area contributed by atoms with E-state index in [1.54, 1.807) is 18.7 Å². The van der Waals surface area contributed by atoms with E-state index in [1.165, 1.54) is 6.33 Å². The summed E-state index contributed by atoms with van der Waals surface area (Å²) in [4.78, 5) is 25.1. The largest absolute Gasteiger partial charge is 0.493 e. The van der Waals surface area contributed by atoms with Crippen molar-refractivity contribution in [1.29, 1.82) is 0 Å². The molecular formula is C28H30N6O3. The fraction of sp³-hybridized carbons (Fsp3) is 0.286. The van der Waals surface area contributed by atoms with E-state index < -0.39 is 0 Å². The summed E-state index contributed by atoms with van der Waals surface area (Å²) < 4.78 is 13.0. The van der Waals surface area contributed by atoms with E-state index in [1.807, 2.05) is 56.4 Å². The number of ether oxygens (including phenoxy) is 2. The van der Waals surface area contributed by atoms with Gasteiger partial charge in [0.15, 0.2) is 11.5 Å². The number of carbonyl (C=O) groups is 1. The van der Waals surface area contributed by atoms with Crippen molar-refractivity contribution in [3.05, 3.63) is 83.1 Å². The minimum Gasteiger partial charge on any atom is -0.493 e. The molecule has 190 valence electrons. The maximum atomic E-state index is 13.1. The van der Waals surface area contributed by atoms with Gasteiger partial charge in [0.05, 0.1) is 14.2 Å². The van der Waals surface area contributed by atoms with Gasteiger partial charge in [-0.1, -0.05) is 30.3 Å². The Kier molecular flexibility index (Phi) is 6.76. The van der Waals surface area contributed by atoms with E-state index in [9.17, 15) is 4.79 Å². The highest BCUT2D eigenvalue weighted by Crippen LogP contribution is 2.40. The SMILES string of the molecule is COc1cccc(C(CNC(=O)CCc2c(C)nc3ncnn3c2C)c2c[nH]c3ccccc23)c1OC. The van der Waals surface area contributed by atoms with Gasteiger partial charge in [-0.15, -0.1) is 0 Å². The van der Waals surface area contributed by atoms with Gasteiger partial charge in [0.2, 0.25) is 5.91 Å². The van der Waals surface area contributed by atoms with Crippen molar-refractivity contribution in [1.82, 2.24) is 29.9 Å². The first-order chi connectivity index (χ1) is 18.0. The van der Waals surface area contributed by atoms with Crippen LogP contribution in [0.15, 0.2) is 55.0 Å². The standard InChI is InChI=1S/C28H30N6O3/c1-17-19(18(2)34-28(33-17)31-16-32-34)12-13-26(35)30-15-23(21-9-7-11-25(36-3)27(21)37-4)22-14-29-24-10-6-5-8-20(22)24/h5-11,14,16,23,29H,12-13,15H2,1-4H3,(H,30,35). The number of aryl methyl sites for hydroxylation is 2. The molecule has 0 aliphatic heterocycles. The summed E-state index contributed by atoms with van der Waals surface area (Å²) in [5, 5.41) is 8.50. The molecule has 1 amide bonds. The number of methoxy groups -OCH3 is 2. The van der Waals surface area contributed by atoms with Crippen LogP contribution in [0, 0.1) is 13.8 Å². The second kappa shape index (κ2) is 10.3. The third kappa shape index (κ3) is 4.60. The lowest BCUT2D eigenvalue weighted by atomic mass is 9.89. The summed E-state index contributed by atoms with van der Waals surface area (Å²) in [6.45, 7) is 4.32. The van der Waals surface area contributed by atoms with Gasteiger partial charge in [0.1, 0.15) is 6.33 Å². The molecule has 1 unspecified atom stereocenters. The molecule has 3 heterocycles. The summed E-state index contributed by atoms with van der Waals surface area (Å²) in [6.07, 6.45) is 4.39. The zero-order chi connectivity index (χ0) is 25.9. The van der Waals surface area contributed by atoms with Gasteiger partial charge in [-0.2, -0.15) is 10.1 Å². The third-order valence-corrected chi connectivity index (χ3v) is 6.90. The molecule has 9 heteroatoms. The molecule has 2 aromatic carbocycles. The summed E-state index contributed by atoms with van der Waals surface area (Å²) in [5.41, 5.74) is 5.89. The molecule has 0 aliphatic rings. The number of rotatable bonds is 9. The number of aromatic amines is 1. The Morgan fingerprint density at radius 1 is 1.08 bits per heavy atom. The van der Waals surface area contributed by atoms with Crippen molar-refractivity contribution >= 4 is 22.6 Å². The van der Waals surface area contributed by atoms with Crippen molar-refractivity contribution in [2.45, 2.75) is 32.6 Å². The first-order valence-corrected chi connectivity index (χ1v) is 12.2. The van der Waals surface area contributed by atoms with Gasteiger partial charge in [0, 0.05) is 52.9 Å². The summed E-state index contributed by atoms with van der Waals surface area (Å²) in [6, 6.07) is 14.0. The second-order valence-corrected chi connectivity index (χ2v) is 8.96. The van der Waals surface area contributed by atoms with Crippen LogP contribution in [-0.2, 0) is 11.2 Å². The van der Waals surface area contributed by atoms with E-state index in [2.05, 4.69) is 31.4 Å². The zero-order valence-corrected chi connectivity index (χ0v) is 21.4. The van der Waals surface area contributed by atoms with Crippen molar-refractivity contribution < 1.29 is 14.3 Å². The molecule has 0 spiro atoms. The molecule has 2 N–H and O–H groups in total. The van der Waals surface area contributed by atoms with Crippen molar-refractivity contribution in [2.75, 3.05) is 20.8 Å². The number of amides is 1. The van der Waals surface area contributed by atoms with E-state index in [4.69, 9.17) is 9.47 Å². The third-order valence-electron chi connectivity index (χ3n) is 6.90. The molecule has 9 nitrogen and oxygen atoms in total. The van der Waals surface area contributed by atoms with Crippen LogP contribution in [0.4, 0.5) is 0 Å². The van der Waals surface area contributed by atoms with Gasteiger partial charge in [0.25, 0.3) is 5.78 Å². The molecular weight excluding hydrogens is 468 g/mol. The van der Waals surface area contributed by atoms with E-state index in [-0.39, 0.29) is 11.8 Å². The number of hydrogen-bond donors (Lipinski definition) is 2. The Bertz CT molecular complexity index is 1570. The molecule has 0 aliphatic carbocycles. The number of H-pyrrole nitrogens is 1. The quantitative estimate of drug-likeness (QED) is 0.317. The zero-order valence-electron chi connectivity index (χ0n) is 21.4. The molecule has 3 aromatic heterocycles. The van der Waals surface area contributed by atoms with Crippen molar-refractivity contribution in [2.24, 2.45) is 0 Å². The predicted octanol–water partition coefficient (Wildman–Crippen LogP) is 4.12. The van der Waals surface area contributed by atoms with Crippen LogP contribution in [0.3, 0.4) is 0 Å². The van der Waals surface area contributed by atoms with Crippen LogP contribution in [0.25, 0.3) is 16.7 Å². The fourth-order valence-electron chi connectivity index (χ4n) is 5.02. The minimum atomic E-state index is -0.151. The first kappa shape index (κ1) is 24.3. The molecule has 1 atom stereocenters. The normalized spacial score (nSPS) is 12.1. The molecule has 0 radical (unpaired) electrons. The topological polar surface area (TPSA) is 106 Å². The van der Waals surface area contributed by atoms with Gasteiger partial charge in [-0.05, 0) is 43.5 Å². The van der Waals surface area contributed by atoms with Crippen LogP contribution in [0.2, 0.25) is 0 Å². The number of benzene rings is 2. The highest BCUT2D eigenvalue weighted by atomic mass is 16.5. The number of fused-ring (bicyclic) bond motifs is 2. The van der Waals surface area contributed by atoms with E-state index >= 15 is 0 Å². The molecule has 0 fully saturated rings. The van der Waals surface area contributed by atoms with E-state index in [0.717, 1.165) is 39.0 Å². The number of aromatic nitrogens is 5. The van der Waals surface area contributed by atoms with Crippen molar-refractivity contribution in [3.8, 4) is 11.5 Å². The Hall–Kier alpha value is -4.40. The van der Waals surface area contributed by atoms with Gasteiger partial charge in [-0.3, -0.25) is 4.79 Å². The Morgan fingerprint density at radius 2 is 1.92 bits per heavy atom. The Labute approximate surface area is 214 Å². The van der Waals surface area contributed by atoms with E-state index in [0.29, 0.717) is 36.7 Å². The van der Waals surface area contributed by atoms with Crippen LogP contribution >= 0.6 is 0 Å². The number of para-hydroxylation sites is 2. The highest BCUT2D eigenvalue weighted by molar-refractivity contribution is 5.84. The van der Waals surface area contributed by atoms with Crippen LogP contribution in [0.1, 0.15) is 40.4 Å². The summed E-state index contributed by atoms with van der Waals surface area (Å²) in [5.74, 6) is 1.69. The fourth-order valence-corrected chi connectivity index (χ4v) is 5.02. The lowest BCUT2D eigenvalue weighted by Crippen LogP contribution is -2.29. The molecule has 0 saturated carbocycles. The maximum absolute atomic E-state index is 13.1. The Morgan fingerprint density at radius 3 is 2.73 bits per heavy atom. The average Bonchev–Trinajstić information content (AvgIpc) is 3.56.